The lowest BCUT2D eigenvalue weighted by Gasteiger charge is -2.16. The number of rotatable bonds is 2. The highest BCUT2D eigenvalue weighted by atomic mass is 16.5. The molecule has 0 unspecified atom stereocenters. The van der Waals surface area contributed by atoms with Gasteiger partial charge in [-0.15, -0.1) is 0 Å². The van der Waals surface area contributed by atoms with Crippen LogP contribution in [0.25, 0.3) is 0 Å². The molecule has 0 fully saturated rings. The van der Waals surface area contributed by atoms with Crippen molar-refractivity contribution in [2.24, 2.45) is 4.99 Å². The quantitative estimate of drug-likeness (QED) is 0.754. The van der Waals surface area contributed by atoms with Gasteiger partial charge < -0.3 is 9.47 Å². The molecule has 0 atom stereocenters. The van der Waals surface area contributed by atoms with Crippen LogP contribution in [0.1, 0.15) is 11.1 Å². The molecule has 0 amide bonds. The molecule has 1 aromatic carbocycles. The summed E-state index contributed by atoms with van der Waals surface area (Å²) in [6, 6.07) is 5.83. The lowest BCUT2D eigenvalue weighted by molar-refractivity contribution is 0.354. The molecule has 1 aliphatic rings. The number of nitrogens with zero attached hydrogens (tertiary/aromatic N) is 2. The Balaban J connectivity index is 2.58. The molecule has 16 heavy (non-hydrogen) atoms. The Kier molecular flexibility index (Phi) is 2.78. The number of fused-ring (bicyclic) bond motifs is 1. The summed E-state index contributed by atoms with van der Waals surface area (Å²) in [5.41, 5.74) is 2.41. The van der Waals surface area contributed by atoms with Crippen molar-refractivity contribution >= 4 is 5.71 Å². The van der Waals surface area contributed by atoms with Gasteiger partial charge in [0.15, 0.2) is 11.5 Å². The van der Waals surface area contributed by atoms with Crippen molar-refractivity contribution < 1.29 is 9.47 Å². The Morgan fingerprint density at radius 2 is 1.94 bits per heavy atom. The van der Waals surface area contributed by atoms with Gasteiger partial charge in [0.1, 0.15) is 11.8 Å². The molecule has 0 saturated heterocycles. The van der Waals surface area contributed by atoms with Crippen LogP contribution in [0.3, 0.4) is 0 Å². The molecule has 0 aliphatic carbocycles. The molecule has 0 aromatic heterocycles. The highest BCUT2D eigenvalue weighted by molar-refractivity contribution is 6.13. The van der Waals surface area contributed by atoms with Crippen molar-refractivity contribution in [2.45, 2.75) is 6.42 Å². The predicted molar refractivity (Wildman–Crippen MR) is 60.3 cm³/mol. The highest BCUT2D eigenvalue weighted by Crippen LogP contribution is 2.32. The van der Waals surface area contributed by atoms with Gasteiger partial charge in [0.2, 0.25) is 0 Å². The largest absolute Gasteiger partial charge is 0.493 e. The molecule has 1 heterocycles. The van der Waals surface area contributed by atoms with E-state index in [1.165, 1.54) is 0 Å². The average molecular weight is 216 g/mol. The topological polar surface area (TPSA) is 54.6 Å². The van der Waals surface area contributed by atoms with E-state index in [1.807, 2.05) is 12.1 Å². The SMILES string of the molecule is COc1cc2c(cc1OC)C(C#N)=NCC2. The summed E-state index contributed by atoms with van der Waals surface area (Å²) in [5.74, 6) is 1.33. The maximum atomic E-state index is 8.98. The van der Waals surface area contributed by atoms with Gasteiger partial charge in [-0.2, -0.15) is 5.26 Å². The van der Waals surface area contributed by atoms with Gasteiger partial charge >= 0.3 is 0 Å². The second-order valence-corrected chi connectivity index (χ2v) is 3.46. The van der Waals surface area contributed by atoms with Crippen LogP contribution >= 0.6 is 0 Å². The van der Waals surface area contributed by atoms with E-state index in [4.69, 9.17) is 14.7 Å². The van der Waals surface area contributed by atoms with Crippen LogP contribution < -0.4 is 9.47 Å². The van der Waals surface area contributed by atoms with Crippen molar-refractivity contribution in [3.05, 3.63) is 23.3 Å². The van der Waals surface area contributed by atoms with Crippen molar-refractivity contribution in [1.29, 1.82) is 5.26 Å². The lowest BCUT2D eigenvalue weighted by Crippen LogP contribution is -2.11. The van der Waals surface area contributed by atoms with Gasteiger partial charge in [-0.3, -0.25) is 4.99 Å². The lowest BCUT2D eigenvalue weighted by atomic mass is 9.97. The van der Waals surface area contributed by atoms with Crippen LogP contribution in [0, 0.1) is 11.3 Å². The Hall–Kier alpha value is -2.02. The fraction of sp³-hybridized carbons (Fsp3) is 0.333. The molecule has 0 radical (unpaired) electrons. The zero-order chi connectivity index (χ0) is 11.5. The molecule has 4 heteroatoms. The van der Waals surface area contributed by atoms with Crippen molar-refractivity contribution in [1.82, 2.24) is 0 Å². The van der Waals surface area contributed by atoms with E-state index in [2.05, 4.69) is 11.1 Å². The molecule has 0 bridgehead atoms. The summed E-state index contributed by atoms with van der Waals surface area (Å²) in [7, 11) is 3.18. The van der Waals surface area contributed by atoms with Crippen molar-refractivity contribution in [3.63, 3.8) is 0 Å². The third-order valence-electron chi connectivity index (χ3n) is 2.62. The first-order valence-corrected chi connectivity index (χ1v) is 5.00. The molecule has 1 aliphatic heterocycles. The summed E-state index contributed by atoms with van der Waals surface area (Å²) < 4.78 is 10.4. The Labute approximate surface area is 94.1 Å². The second-order valence-electron chi connectivity index (χ2n) is 3.46. The molecule has 4 nitrogen and oxygen atoms in total. The third-order valence-corrected chi connectivity index (χ3v) is 2.62. The first kappa shape index (κ1) is 10.5. The minimum Gasteiger partial charge on any atom is -0.493 e. The van der Waals surface area contributed by atoms with E-state index in [0.717, 1.165) is 17.5 Å². The van der Waals surface area contributed by atoms with E-state index in [9.17, 15) is 0 Å². The Bertz CT molecular complexity index is 487. The Morgan fingerprint density at radius 3 is 2.56 bits per heavy atom. The van der Waals surface area contributed by atoms with Crippen molar-refractivity contribution in [3.8, 4) is 17.6 Å². The smallest absolute Gasteiger partial charge is 0.161 e. The van der Waals surface area contributed by atoms with Crippen molar-refractivity contribution in [2.75, 3.05) is 20.8 Å². The zero-order valence-electron chi connectivity index (χ0n) is 9.28. The fourth-order valence-corrected chi connectivity index (χ4v) is 1.82. The number of ether oxygens (including phenoxy) is 2. The van der Waals surface area contributed by atoms with Gasteiger partial charge in [-0.05, 0) is 24.1 Å². The molecule has 1 aromatic rings. The summed E-state index contributed by atoms with van der Waals surface area (Å²) >= 11 is 0. The second kappa shape index (κ2) is 4.23. The molecule has 2 rings (SSSR count). The molecular weight excluding hydrogens is 204 g/mol. The predicted octanol–water partition coefficient (Wildman–Crippen LogP) is 1.57. The summed E-state index contributed by atoms with van der Waals surface area (Å²) in [6.45, 7) is 0.658. The summed E-state index contributed by atoms with van der Waals surface area (Å²) in [4.78, 5) is 4.18. The molecule has 0 spiro atoms. The average Bonchev–Trinajstić information content (AvgIpc) is 2.36. The van der Waals surface area contributed by atoms with Crippen LogP contribution in [0.5, 0.6) is 11.5 Å². The summed E-state index contributed by atoms with van der Waals surface area (Å²) in [5, 5.41) is 8.98. The number of hydrogen-bond donors (Lipinski definition) is 0. The van der Waals surface area contributed by atoms with Crippen LogP contribution in [-0.2, 0) is 6.42 Å². The molecule has 82 valence electrons. The van der Waals surface area contributed by atoms with E-state index in [0.29, 0.717) is 23.8 Å². The summed E-state index contributed by atoms with van der Waals surface area (Å²) in [6.07, 6.45) is 0.834. The van der Waals surface area contributed by atoms with Gasteiger partial charge in [-0.1, -0.05) is 0 Å². The van der Waals surface area contributed by atoms with E-state index < -0.39 is 0 Å². The first-order chi connectivity index (χ1) is 7.80. The van der Waals surface area contributed by atoms with E-state index >= 15 is 0 Å². The number of methoxy groups -OCH3 is 2. The number of nitriles is 1. The monoisotopic (exact) mass is 216 g/mol. The maximum absolute atomic E-state index is 8.98. The van der Waals surface area contributed by atoms with Gasteiger partial charge in [0.05, 0.1) is 14.2 Å². The van der Waals surface area contributed by atoms with Gasteiger partial charge in [0, 0.05) is 12.1 Å². The third kappa shape index (κ3) is 1.61. The van der Waals surface area contributed by atoms with Gasteiger partial charge in [-0.25, -0.2) is 0 Å². The fourth-order valence-electron chi connectivity index (χ4n) is 1.82. The minimum atomic E-state index is 0.474. The van der Waals surface area contributed by atoms with Crippen LogP contribution in [0.4, 0.5) is 0 Å². The standard InChI is InChI=1S/C12H12N2O2/c1-15-11-5-8-3-4-14-10(7-13)9(8)6-12(11)16-2/h5-6H,3-4H2,1-2H3. The van der Waals surface area contributed by atoms with E-state index in [-0.39, 0.29) is 0 Å². The van der Waals surface area contributed by atoms with Crippen LogP contribution in [0.2, 0.25) is 0 Å². The minimum absolute atomic E-state index is 0.474. The maximum Gasteiger partial charge on any atom is 0.161 e. The molecular formula is C12H12N2O2. The van der Waals surface area contributed by atoms with E-state index in [1.54, 1.807) is 14.2 Å². The Morgan fingerprint density at radius 1 is 1.25 bits per heavy atom. The number of aliphatic imine (C=N–C) groups is 1. The highest BCUT2D eigenvalue weighted by Gasteiger charge is 2.17. The van der Waals surface area contributed by atoms with Crippen LogP contribution in [-0.4, -0.2) is 26.5 Å². The first-order valence-electron chi connectivity index (χ1n) is 5.00. The zero-order valence-corrected chi connectivity index (χ0v) is 9.28. The number of benzene rings is 1. The molecule has 0 saturated carbocycles. The van der Waals surface area contributed by atoms with Gasteiger partial charge in [0.25, 0.3) is 0 Å². The molecule has 0 N–H and O–H groups in total. The number of hydrogen-bond acceptors (Lipinski definition) is 4. The van der Waals surface area contributed by atoms with Crippen LogP contribution in [0.15, 0.2) is 17.1 Å². The normalized spacial score (nSPS) is 13.4.